The summed E-state index contributed by atoms with van der Waals surface area (Å²) in [7, 11) is 0. The summed E-state index contributed by atoms with van der Waals surface area (Å²) in [5, 5.41) is 3.68. The lowest BCUT2D eigenvalue weighted by molar-refractivity contribution is 0.219. The molecule has 0 aliphatic heterocycles. The molecule has 0 radical (unpaired) electrons. The molecule has 84 valence electrons. The minimum absolute atomic E-state index is 0.861. The van der Waals surface area contributed by atoms with E-state index in [2.05, 4.69) is 11.2 Å². The topological polar surface area (TPSA) is 12.0 Å². The fraction of sp³-hybridized carbons (Fsp3) is 0.857. The van der Waals surface area contributed by atoms with Gasteiger partial charge < -0.3 is 5.32 Å². The standard InChI is InChI=1S/C14H23N/c1-2-3-6-12-7-4-5-8-13(12)11-15-14-9-10-14/h1,12-15H,3-11H2. The summed E-state index contributed by atoms with van der Waals surface area (Å²) in [6.07, 6.45) is 16.1. The summed E-state index contributed by atoms with van der Waals surface area (Å²) in [6, 6.07) is 0.861. The number of hydrogen-bond donors (Lipinski definition) is 1. The minimum Gasteiger partial charge on any atom is -0.314 e. The normalized spacial score (nSPS) is 31.1. The van der Waals surface area contributed by atoms with E-state index in [-0.39, 0.29) is 0 Å². The van der Waals surface area contributed by atoms with Crippen LogP contribution in [0.4, 0.5) is 0 Å². The summed E-state index contributed by atoms with van der Waals surface area (Å²) in [4.78, 5) is 0. The molecule has 0 heterocycles. The smallest absolute Gasteiger partial charge is 0.00888 e. The van der Waals surface area contributed by atoms with Crippen molar-refractivity contribution in [1.82, 2.24) is 5.32 Å². The van der Waals surface area contributed by atoms with E-state index in [9.17, 15) is 0 Å². The van der Waals surface area contributed by atoms with Crippen LogP contribution in [0.25, 0.3) is 0 Å². The molecule has 1 nitrogen and oxygen atoms in total. The highest BCUT2D eigenvalue weighted by Crippen LogP contribution is 2.33. The lowest BCUT2D eigenvalue weighted by atomic mass is 9.77. The van der Waals surface area contributed by atoms with Crippen LogP contribution in [-0.4, -0.2) is 12.6 Å². The predicted molar refractivity (Wildman–Crippen MR) is 64.5 cm³/mol. The molecule has 15 heavy (non-hydrogen) atoms. The van der Waals surface area contributed by atoms with Gasteiger partial charge in [-0.15, -0.1) is 12.3 Å². The molecule has 2 unspecified atom stereocenters. The number of rotatable bonds is 5. The average molecular weight is 205 g/mol. The van der Waals surface area contributed by atoms with Crippen LogP contribution in [0.15, 0.2) is 0 Å². The van der Waals surface area contributed by atoms with Crippen molar-refractivity contribution in [3.8, 4) is 12.3 Å². The van der Waals surface area contributed by atoms with Gasteiger partial charge in [-0.2, -0.15) is 0 Å². The monoisotopic (exact) mass is 205 g/mol. The molecule has 2 aliphatic carbocycles. The Morgan fingerprint density at radius 1 is 1.07 bits per heavy atom. The molecule has 2 aliphatic rings. The van der Waals surface area contributed by atoms with E-state index in [0.717, 1.165) is 24.3 Å². The van der Waals surface area contributed by atoms with Crippen LogP contribution >= 0.6 is 0 Å². The van der Waals surface area contributed by atoms with Crippen molar-refractivity contribution in [2.45, 2.75) is 57.4 Å². The maximum Gasteiger partial charge on any atom is 0.00888 e. The van der Waals surface area contributed by atoms with Gasteiger partial charge in [-0.05, 0) is 44.1 Å². The van der Waals surface area contributed by atoms with Crippen molar-refractivity contribution >= 4 is 0 Å². The van der Waals surface area contributed by atoms with Crippen molar-refractivity contribution in [2.24, 2.45) is 11.8 Å². The third-order valence-electron chi connectivity index (χ3n) is 3.97. The highest BCUT2D eigenvalue weighted by Gasteiger charge is 2.27. The van der Waals surface area contributed by atoms with Gasteiger partial charge in [-0.3, -0.25) is 0 Å². The molecular weight excluding hydrogens is 182 g/mol. The minimum atomic E-state index is 0.861. The van der Waals surface area contributed by atoms with Crippen LogP contribution in [0.2, 0.25) is 0 Å². The Kier molecular flexibility index (Phi) is 4.09. The zero-order valence-corrected chi connectivity index (χ0v) is 9.67. The first-order chi connectivity index (χ1) is 7.40. The van der Waals surface area contributed by atoms with Crippen molar-refractivity contribution in [1.29, 1.82) is 0 Å². The van der Waals surface area contributed by atoms with E-state index in [0.29, 0.717) is 0 Å². The predicted octanol–water partition coefficient (Wildman–Crippen LogP) is 2.96. The first-order valence-electron chi connectivity index (χ1n) is 6.57. The molecule has 0 aromatic heterocycles. The molecule has 0 aromatic rings. The van der Waals surface area contributed by atoms with E-state index in [1.54, 1.807) is 0 Å². The molecule has 0 spiro atoms. The van der Waals surface area contributed by atoms with E-state index >= 15 is 0 Å². The highest BCUT2D eigenvalue weighted by molar-refractivity contribution is 4.88. The molecular formula is C14H23N. The van der Waals surface area contributed by atoms with Crippen LogP contribution in [0.3, 0.4) is 0 Å². The third-order valence-corrected chi connectivity index (χ3v) is 3.97. The molecule has 2 saturated carbocycles. The fourth-order valence-electron chi connectivity index (χ4n) is 2.81. The molecule has 2 fully saturated rings. The summed E-state index contributed by atoms with van der Waals surface area (Å²) >= 11 is 0. The summed E-state index contributed by atoms with van der Waals surface area (Å²) in [6.45, 7) is 1.25. The maximum atomic E-state index is 5.36. The largest absolute Gasteiger partial charge is 0.314 e. The number of terminal acetylenes is 1. The van der Waals surface area contributed by atoms with Gasteiger partial charge in [0.2, 0.25) is 0 Å². The van der Waals surface area contributed by atoms with Crippen molar-refractivity contribution in [2.75, 3.05) is 6.54 Å². The Balaban J connectivity index is 1.73. The van der Waals surface area contributed by atoms with E-state index in [4.69, 9.17) is 6.42 Å². The Morgan fingerprint density at radius 2 is 1.80 bits per heavy atom. The SMILES string of the molecule is C#CCCC1CCCCC1CNC1CC1. The van der Waals surface area contributed by atoms with Crippen LogP contribution in [-0.2, 0) is 0 Å². The van der Waals surface area contributed by atoms with Crippen LogP contribution in [0.1, 0.15) is 51.4 Å². The zero-order valence-electron chi connectivity index (χ0n) is 9.67. The molecule has 0 aromatic carbocycles. The second kappa shape index (κ2) is 5.56. The van der Waals surface area contributed by atoms with Crippen molar-refractivity contribution < 1.29 is 0 Å². The van der Waals surface area contributed by atoms with Gasteiger partial charge >= 0.3 is 0 Å². The highest BCUT2D eigenvalue weighted by atomic mass is 14.9. The Bertz CT molecular complexity index is 224. The maximum absolute atomic E-state index is 5.36. The van der Waals surface area contributed by atoms with Crippen molar-refractivity contribution in [3.05, 3.63) is 0 Å². The number of hydrogen-bond acceptors (Lipinski definition) is 1. The quantitative estimate of drug-likeness (QED) is 0.680. The number of nitrogens with one attached hydrogen (secondary N) is 1. The first-order valence-corrected chi connectivity index (χ1v) is 6.57. The molecule has 0 saturated heterocycles. The summed E-state index contributed by atoms with van der Waals surface area (Å²) in [5.41, 5.74) is 0. The Hall–Kier alpha value is -0.480. The second-order valence-corrected chi connectivity index (χ2v) is 5.23. The van der Waals surface area contributed by atoms with E-state index < -0.39 is 0 Å². The van der Waals surface area contributed by atoms with Gasteiger partial charge in [0.25, 0.3) is 0 Å². The lowest BCUT2D eigenvalue weighted by Crippen LogP contribution is -2.31. The lowest BCUT2D eigenvalue weighted by Gasteiger charge is -2.31. The van der Waals surface area contributed by atoms with Crippen LogP contribution in [0, 0.1) is 24.2 Å². The zero-order chi connectivity index (χ0) is 10.5. The molecule has 0 bridgehead atoms. The van der Waals surface area contributed by atoms with Gasteiger partial charge in [0.05, 0.1) is 0 Å². The third kappa shape index (κ3) is 3.54. The summed E-state index contributed by atoms with van der Waals surface area (Å²) in [5.74, 6) is 4.61. The Morgan fingerprint density at radius 3 is 2.47 bits per heavy atom. The van der Waals surface area contributed by atoms with E-state index in [1.807, 2.05) is 0 Å². The fourth-order valence-corrected chi connectivity index (χ4v) is 2.81. The van der Waals surface area contributed by atoms with Crippen molar-refractivity contribution in [3.63, 3.8) is 0 Å². The van der Waals surface area contributed by atoms with Gasteiger partial charge in [0.1, 0.15) is 0 Å². The second-order valence-electron chi connectivity index (χ2n) is 5.23. The van der Waals surface area contributed by atoms with Crippen LogP contribution in [0.5, 0.6) is 0 Å². The molecule has 0 amide bonds. The molecule has 2 rings (SSSR count). The molecule has 1 N–H and O–H groups in total. The molecule has 1 heteroatoms. The van der Waals surface area contributed by atoms with Gasteiger partial charge in [-0.1, -0.05) is 19.3 Å². The molecule has 2 atom stereocenters. The summed E-state index contributed by atoms with van der Waals surface area (Å²) < 4.78 is 0. The Labute approximate surface area is 94.0 Å². The van der Waals surface area contributed by atoms with Gasteiger partial charge in [-0.25, -0.2) is 0 Å². The first kappa shape index (κ1) is 11.0. The van der Waals surface area contributed by atoms with Gasteiger partial charge in [0, 0.05) is 12.5 Å². The van der Waals surface area contributed by atoms with Gasteiger partial charge in [0.15, 0.2) is 0 Å². The average Bonchev–Trinajstić information content (AvgIpc) is 3.08. The van der Waals surface area contributed by atoms with E-state index in [1.165, 1.54) is 51.5 Å². The van der Waals surface area contributed by atoms with Crippen LogP contribution < -0.4 is 5.32 Å².